The summed E-state index contributed by atoms with van der Waals surface area (Å²) in [6, 6.07) is -0.261. The zero-order valence-corrected chi connectivity index (χ0v) is 8.01. The van der Waals surface area contributed by atoms with Crippen molar-refractivity contribution in [3.05, 3.63) is 24.3 Å². The Morgan fingerprint density at radius 1 is 1.64 bits per heavy atom. The topological polar surface area (TPSA) is 78.1 Å². The van der Waals surface area contributed by atoms with Gasteiger partial charge in [-0.1, -0.05) is 0 Å². The van der Waals surface area contributed by atoms with E-state index in [1.54, 1.807) is 18.6 Å². The molecule has 1 heterocycles. The van der Waals surface area contributed by atoms with Gasteiger partial charge >= 0.3 is 5.97 Å². The van der Waals surface area contributed by atoms with E-state index < -0.39 is 0 Å². The lowest BCUT2D eigenvalue weighted by Crippen LogP contribution is -2.14. The van der Waals surface area contributed by atoms with E-state index in [1.807, 2.05) is 0 Å². The molecule has 1 aromatic heterocycles. The number of esters is 1. The van der Waals surface area contributed by atoms with Crippen LogP contribution in [0, 0.1) is 0 Å². The van der Waals surface area contributed by atoms with Gasteiger partial charge in [0, 0.05) is 31.1 Å². The smallest absolute Gasteiger partial charge is 0.305 e. The molecule has 14 heavy (non-hydrogen) atoms. The van der Waals surface area contributed by atoms with Crippen molar-refractivity contribution in [2.24, 2.45) is 5.73 Å². The second-order valence-electron chi connectivity index (χ2n) is 2.85. The van der Waals surface area contributed by atoms with Crippen molar-refractivity contribution in [2.45, 2.75) is 18.9 Å². The summed E-state index contributed by atoms with van der Waals surface area (Å²) in [5.74, 6) is -0.260. The molecule has 1 atom stereocenters. The molecule has 5 heteroatoms. The number of carbonyl (C=O) groups excluding carboxylic acids is 1. The number of nitrogens with two attached hydrogens (primary N) is 1. The first-order valence-corrected chi connectivity index (χ1v) is 4.32. The molecule has 2 N–H and O–H groups in total. The first-order chi connectivity index (χ1) is 6.74. The minimum atomic E-state index is -0.261. The highest BCUT2D eigenvalue weighted by Gasteiger charge is 2.09. The van der Waals surface area contributed by atoms with E-state index in [2.05, 4.69) is 14.7 Å². The van der Waals surface area contributed by atoms with Crippen LogP contribution in [0.15, 0.2) is 18.6 Å². The summed E-state index contributed by atoms with van der Waals surface area (Å²) in [4.78, 5) is 18.8. The molecule has 0 saturated carbocycles. The maximum atomic E-state index is 10.8. The molecule has 0 aliphatic carbocycles. The number of hydrogen-bond donors (Lipinski definition) is 1. The van der Waals surface area contributed by atoms with Crippen LogP contribution in [-0.2, 0) is 9.53 Å². The number of ether oxygens (including phenoxy) is 1. The molecule has 1 aromatic rings. The zero-order valence-electron chi connectivity index (χ0n) is 8.01. The molecule has 0 bridgehead atoms. The largest absolute Gasteiger partial charge is 0.469 e. The maximum Gasteiger partial charge on any atom is 0.305 e. The normalized spacial score (nSPS) is 12.1. The lowest BCUT2D eigenvalue weighted by atomic mass is 10.1. The molecule has 1 unspecified atom stereocenters. The summed E-state index contributed by atoms with van der Waals surface area (Å²) in [5, 5.41) is 0. The van der Waals surface area contributed by atoms with Crippen molar-refractivity contribution >= 4 is 5.97 Å². The van der Waals surface area contributed by atoms with Gasteiger partial charge in [0.15, 0.2) is 0 Å². The highest BCUT2D eigenvalue weighted by atomic mass is 16.5. The molecule has 0 saturated heterocycles. The molecule has 0 amide bonds. The fourth-order valence-electron chi connectivity index (χ4n) is 1.03. The summed E-state index contributed by atoms with van der Waals surface area (Å²) in [6.07, 6.45) is 5.57. The average Bonchev–Trinajstić information content (AvgIpc) is 2.26. The number of hydrogen-bond acceptors (Lipinski definition) is 5. The Labute approximate surface area is 82.3 Å². The third-order valence-corrected chi connectivity index (χ3v) is 1.85. The molecular formula is C9H13N3O2. The van der Waals surface area contributed by atoms with Gasteiger partial charge in [0.1, 0.15) is 0 Å². The number of aromatic nitrogens is 2. The van der Waals surface area contributed by atoms with Crippen LogP contribution in [0.2, 0.25) is 0 Å². The standard InChI is InChI=1S/C9H13N3O2/c1-14-9(13)3-2-7(10)8-6-11-4-5-12-8/h4-7H,2-3,10H2,1H3. The van der Waals surface area contributed by atoms with Gasteiger partial charge in [0.05, 0.1) is 12.8 Å². The Morgan fingerprint density at radius 2 is 2.43 bits per heavy atom. The third kappa shape index (κ3) is 3.10. The molecule has 0 aromatic carbocycles. The lowest BCUT2D eigenvalue weighted by molar-refractivity contribution is -0.140. The Hall–Kier alpha value is -1.49. The summed E-state index contributed by atoms with van der Waals surface area (Å²) in [6.45, 7) is 0. The van der Waals surface area contributed by atoms with Crippen LogP contribution in [0.3, 0.4) is 0 Å². The van der Waals surface area contributed by atoms with Gasteiger partial charge in [-0.3, -0.25) is 14.8 Å². The summed E-state index contributed by atoms with van der Waals surface area (Å²) in [5.41, 5.74) is 6.48. The molecular weight excluding hydrogens is 182 g/mol. The maximum absolute atomic E-state index is 10.8. The van der Waals surface area contributed by atoms with Crippen molar-refractivity contribution < 1.29 is 9.53 Å². The first-order valence-electron chi connectivity index (χ1n) is 4.32. The summed E-state index contributed by atoms with van der Waals surface area (Å²) in [7, 11) is 1.36. The molecule has 5 nitrogen and oxygen atoms in total. The van der Waals surface area contributed by atoms with E-state index in [4.69, 9.17) is 5.73 Å². The van der Waals surface area contributed by atoms with Crippen LogP contribution in [0.1, 0.15) is 24.6 Å². The Kier molecular flexibility index (Phi) is 4.00. The third-order valence-electron chi connectivity index (χ3n) is 1.85. The van der Waals surface area contributed by atoms with Gasteiger partial charge in [-0.05, 0) is 6.42 Å². The molecule has 0 fully saturated rings. The van der Waals surface area contributed by atoms with Crippen LogP contribution in [-0.4, -0.2) is 23.0 Å². The quantitative estimate of drug-likeness (QED) is 0.705. The van der Waals surface area contributed by atoms with Gasteiger partial charge in [-0.2, -0.15) is 0 Å². The monoisotopic (exact) mass is 195 g/mol. The van der Waals surface area contributed by atoms with Crippen LogP contribution >= 0.6 is 0 Å². The highest BCUT2D eigenvalue weighted by molar-refractivity contribution is 5.69. The van der Waals surface area contributed by atoms with E-state index in [-0.39, 0.29) is 12.0 Å². The van der Waals surface area contributed by atoms with Crippen LogP contribution in [0.4, 0.5) is 0 Å². The van der Waals surface area contributed by atoms with Crippen molar-refractivity contribution in [2.75, 3.05) is 7.11 Å². The fourth-order valence-corrected chi connectivity index (χ4v) is 1.03. The van der Waals surface area contributed by atoms with E-state index in [9.17, 15) is 4.79 Å². The van der Waals surface area contributed by atoms with Crippen molar-refractivity contribution in [3.8, 4) is 0 Å². The number of nitrogens with zero attached hydrogens (tertiary/aromatic N) is 2. The molecule has 0 radical (unpaired) electrons. The van der Waals surface area contributed by atoms with E-state index in [1.165, 1.54) is 7.11 Å². The average molecular weight is 195 g/mol. The highest BCUT2D eigenvalue weighted by Crippen LogP contribution is 2.11. The van der Waals surface area contributed by atoms with Gasteiger partial charge in [0.2, 0.25) is 0 Å². The summed E-state index contributed by atoms with van der Waals surface area (Å²) >= 11 is 0. The predicted octanol–water partition coefficient (Wildman–Crippen LogP) is 0.430. The number of rotatable bonds is 4. The minimum absolute atomic E-state index is 0.260. The summed E-state index contributed by atoms with van der Waals surface area (Å²) < 4.78 is 4.51. The lowest BCUT2D eigenvalue weighted by Gasteiger charge is -2.08. The number of carbonyl (C=O) groups is 1. The van der Waals surface area contributed by atoms with Crippen molar-refractivity contribution in [3.63, 3.8) is 0 Å². The van der Waals surface area contributed by atoms with Gasteiger partial charge in [-0.15, -0.1) is 0 Å². The molecule has 0 spiro atoms. The first kappa shape index (κ1) is 10.6. The van der Waals surface area contributed by atoms with Crippen LogP contribution < -0.4 is 5.73 Å². The van der Waals surface area contributed by atoms with Crippen molar-refractivity contribution in [1.29, 1.82) is 0 Å². The second-order valence-corrected chi connectivity index (χ2v) is 2.85. The molecule has 76 valence electrons. The second kappa shape index (κ2) is 5.29. The van der Waals surface area contributed by atoms with Crippen molar-refractivity contribution in [1.82, 2.24) is 9.97 Å². The van der Waals surface area contributed by atoms with E-state index >= 15 is 0 Å². The minimum Gasteiger partial charge on any atom is -0.469 e. The zero-order chi connectivity index (χ0) is 10.4. The number of methoxy groups -OCH3 is 1. The SMILES string of the molecule is COC(=O)CCC(N)c1cnccn1. The Bertz CT molecular complexity index is 289. The van der Waals surface area contributed by atoms with E-state index in [0.717, 1.165) is 0 Å². The van der Waals surface area contributed by atoms with E-state index in [0.29, 0.717) is 18.5 Å². The van der Waals surface area contributed by atoms with Gasteiger partial charge in [-0.25, -0.2) is 0 Å². The Morgan fingerprint density at radius 3 is 3.00 bits per heavy atom. The molecule has 0 aliphatic heterocycles. The Balaban J connectivity index is 2.43. The molecule has 0 aliphatic rings. The fraction of sp³-hybridized carbons (Fsp3) is 0.444. The van der Waals surface area contributed by atoms with Gasteiger partial charge in [0.25, 0.3) is 0 Å². The van der Waals surface area contributed by atoms with Crippen LogP contribution in [0.5, 0.6) is 0 Å². The van der Waals surface area contributed by atoms with Gasteiger partial charge < -0.3 is 10.5 Å². The van der Waals surface area contributed by atoms with Crippen LogP contribution in [0.25, 0.3) is 0 Å². The molecule has 1 rings (SSSR count). The predicted molar refractivity (Wildman–Crippen MR) is 50.2 cm³/mol.